The average Bonchev–Trinajstić information content (AvgIpc) is 2.81. The normalized spacial score (nSPS) is 18.4. The van der Waals surface area contributed by atoms with Gasteiger partial charge in [0.2, 0.25) is 10.0 Å². The monoisotopic (exact) mass is 381 g/mol. The lowest BCUT2D eigenvalue weighted by molar-refractivity contribution is 0.101. The van der Waals surface area contributed by atoms with Crippen molar-refractivity contribution in [2.24, 2.45) is 7.05 Å². The van der Waals surface area contributed by atoms with Crippen LogP contribution < -0.4 is 10.0 Å². The summed E-state index contributed by atoms with van der Waals surface area (Å²) in [7, 11) is -2.01. The van der Waals surface area contributed by atoms with Crippen molar-refractivity contribution in [1.82, 2.24) is 9.29 Å². The number of sulfonamides is 1. The number of anilines is 1. The molecule has 0 bridgehead atoms. The summed E-state index contributed by atoms with van der Waals surface area (Å²) in [6.07, 6.45) is 2.54. The zero-order chi connectivity index (χ0) is 18.4. The Morgan fingerprint density at radius 1 is 1.38 bits per heavy atom. The first-order valence-corrected chi connectivity index (χ1v) is 9.45. The van der Waals surface area contributed by atoms with Crippen LogP contribution in [0.4, 0.5) is 10.1 Å². The summed E-state index contributed by atoms with van der Waals surface area (Å²) in [4.78, 5) is 12.9. The molecule has 1 atom stereocenters. The number of aromatic nitrogens is 1. The molecule has 142 valence electrons. The lowest BCUT2D eigenvalue weighted by Gasteiger charge is -2.10. The first-order valence-electron chi connectivity index (χ1n) is 7.97. The first-order chi connectivity index (χ1) is 11.7. The maximum atomic E-state index is 13.4. The van der Waals surface area contributed by atoms with Gasteiger partial charge in [-0.25, -0.2) is 17.5 Å². The molecule has 6 nitrogen and oxygen atoms in total. The van der Waals surface area contributed by atoms with Gasteiger partial charge >= 0.3 is 0 Å². The van der Waals surface area contributed by atoms with Crippen LogP contribution in [0.25, 0.3) is 0 Å². The smallest absolute Gasteiger partial charge is 0.272 e. The molecule has 26 heavy (non-hydrogen) atoms. The molecular formula is C18H24FN3O3S. The van der Waals surface area contributed by atoms with Gasteiger partial charge in [-0.15, -0.1) is 0 Å². The molecule has 1 aliphatic rings. The fraction of sp³-hybridized carbons (Fsp3) is 0.389. The number of carbonyl (C=O) groups is 1. The molecule has 0 spiro atoms. The van der Waals surface area contributed by atoms with Crippen LogP contribution in [0.2, 0.25) is 0 Å². The van der Waals surface area contributed by atoms with E-state index in [9.17, 15) is 17.6 Å². The molecular weight excluding hydrogens is 357 g/mol. The van der Waals surface area contributed by atoms with Gasteiger partial charge in [-0.1, -0.05) is 7.43 Å². The number of aryl methyl sites for hydroxylation is 2. The average molecular weight is 381 g/mol. The van der Waals surface area contributed by atoms with Crippen LogP contribution in [-0.2, 0) is 23.5 Å². The van der Waals surface area contributed by atoms with E-state index in [0.717, 1.165) is 0 Å². The number of rotatable bonds is 2. The topological polar surface area (TPSA) is 80.2 Å². The summed E-state index contributed by atoms with van der Waals surface area (Å²) in [6.45, 7) is 3.41. The summed E-state index contributed by atoms with van der Waals surface area (Å²) >= 11 is 0. The summed E-state index contributed by atoms with van der Waals surface area (Å²) in [5.41, 5.74) is 1.69. The van der Waals surface area contributed by atoms with E-state index in [1.54, 1.807) is 20.9 Å². The molecule has 0 radical (unpaired) electrons. The van der Waals surface area contributed by atoms with Crippen molar-refractivity contribution in [2.45, 2.75) is 45.1 Å². The van der Waals surface area contributed by atoms with Crippen LogP contribution in [-0.4, -0.2) is 24.9 Å². The Kier molecular flexibility index (Phi) is 5.58. The SMILES string of the molecule is C.Cc1cc(NC(=O)c2c3c(cn2C)S(=O)(=O)N[C@@H](C)CC3)ccc1F. The van der Waals surface area contributed by atoms with Gasteiger partial charge in [0, 0.05) is 30.5 Å². The van der Waals surface area contributed by atoms with Gasteiger partial charge in [0.15, 0.2) is 0 Å². The fourth-order valence-electron chi connectivity index (χ4n) is 3.08. The molecule has 0 unspecified atom stereocenters. The Balaban J connectivity index is 0.00000243. The maximum Gasteiger partial charge on any atom is 0.272 e. The molecule has 1 aliphatic heterocycles. The summed E-state index contributed by atoms with van der Waals surface area (Å²) in [5, 5.41) is 2.72. The van der Waals surface area contributed by atoms with E-state index >= 15 is 0 Å². The van der Waals surface area contributed by atoms with E-state index in [4.69, 9.17) is 0 Å². The number of nitrogens with zero attached hydrogens (tertiary/aromatic N) is 1. The van der Waals surface area contributed by atoms with E-state index in [1.165, 1.54) is 29.0 Å². The number of amides is 1. The van der Waals surface area contributed by atoms with Gasteiger partial charge in [-0.05, 0) is 50.5 Å². The molecule has 1 amide bonds. The Morgan fingerprint density at radius 3 is 2.73 bits per heavy atom. The van der Waals surface area contributed by atoms with Crippen molar-refractivity contribution >= 4 is 21.6 Å². The van der Waals surface area contributed by atoms with Crippen molar-refractivity contribution in [3.05, 3.63) is 47.0 Å². The summed E-state index contributed by atoms with van der Waals surface area (Å²) < 4.78 is 42.4. The number of halogens is 1. The van der Waals surface area contributed by atoms with Crippen molar-refractivity contribution in [1.29, 1.82) is 0 Å². The summed E-state index contributed by atoms with van der Waals surface area (Å²) in [5.74, 6) is -0.767. The Morgan fingerprint density at radius 2 is 2.08 bits per heavy atom. The number of nitrogens with one attached hydrogen (secondary N) is 2. The molecule has 0 aliphatic carbocycles. The molecule has 1 aromatic carbocycles. The molecule has 2 N–H and O–H groups in total. The molecule has 0 fully saturated rings. The van der Waals surface area contributed by atoms with Gasteiger partial charge in [-0.2, -0.15) is 0 Å². The van der Waals surface area contributed by atoms with Gasteiger partial charge in [-0.3, -0.25) is 4.79 Å². The fourth-order valence-corrected chi connectivity index (χ4v) is 4.67. The molecule has 2 aromatic rings. The number of fused-ring (bicyclic) bond motifs is 1. The van der Waals surface area contributed by atoms with Crippen LogP contribution >= 0.6 is 0 Å². The quantitative estimate of drug-likeness (QED) is 0.839. The molecule has 0 saturated heterocycles. The van der Waals surface area contributed by atoms with Crippen molar-refractivity contribution in [3.8, 4) is 0 Å². The van der Waals surface area contributed by atoms with E-state index in [2.05, 4.69) is 10.0 Å². The van der Waals surface area contributed by atoms with Crippen LogP contribution in [0.5, 0.6) is 0 Å². The number of benzene rings is 1. The lowest BCUT2D eigenvalue weighted by Crippen LogP contribution is -2.30. The van der Waals surface area contributed by atoms with Crippen LogP contribution in [0.3, 0.4) is 0 Å². The van der Waals surface area contributed by atoms with Crippen molar-refractivity contribution < 1.29 is 17.6 Å². The van der Waals surface area contributed by atoms with E-state index < -0.39 is 15.9 Å². The zero-order valence-corrected chi connectivity index (χ0v) is 15.1. The molecule has 2 heterocycles. The molecule has 0 saturated carbocycles. The van der Waals surface area contributed by atoms with Crippen molar-refractivity contribution in [2.75, 3.05) is 5.32 Å². The largest absolute Gasteiger partial charge is 0.345 e. The minimum atomic E-state index is -3.65. The third-order valence-electron chi connectivity index (χ3n) is 4.35. The second-order valence-electron chi connectivity index (χ2n) is 6.41. The van der Waals surface area contributed by atoms with Gasteiger partial charge < -0.3 is 9.88 Å². The molecule has 3 rings (SSSR count). The van der Waals surface area contributed by atoms with Gasteiger partial charge in [0.1, 0.15) is 16.4 Å². The van der Waals surface area contributed by atoms with Gasteiger partial charge in [0.05, 0.1) is 0 Å². The van der Waals surface area contributed by atoms with Gasteiger partial charge in [0.25, 0.3) is 5.91 Å². The van der Waals surface area contributed by atoms with Crippen LogP contribution in [0.1, 0.15) is 42.4 Å². The molecule has 8 heteroatoms. The number of hydrogen-bond acceptors (Lipinski definition) is 3. The Bertz CT molecular complexity index is 951. The predicted octanol–water partition coefficient (Wildman–Crippen LogP) is 2.97. The predicted molar refractivity (Wildman–Crippen MR) is 99.3 cm³/mol. The third-order valence-corrected chi connectivity index (χ3v) is 5.99. The minimum Gasteiger partial charge on any atom is -0.345 e. The van der Waals surface area contributed by atoms with E-state index in [1.807, 2.05) is 0 Å². The highest BCUT2D eigenvalue weighted by Crippen LogP contribution is 2.28. The third kappa shape index (κ3) is 3.66. The number of carbonyl (C=O) groups excluding carboxylic acids is 1. The Labute approximate surface area is 153 Å². The first kappa shape index (κ1) is 20.1. The van der Waals surface area contributed by atoms with E-state index in [0.29, 0.717) is 35.3 Å². The standard InChI is InChI=1S/C17H20FN3O3S.CH4/c1-10-8-12(5-7-14(10)18)19-17(22)16-13-6-4-11(2)20-25(23,24)15(13)9-21(16)3;/h5,7-9,11,20H,4,6H2,1-3H3,(H,19,22);1H4/t11-;/m0./s1. The summed E-state index contributed by atoms with van der Waals surface area (Å²) in [6, 6.07) is 4.10. The second-order valence-corrected chi connectivity index (χ2v) is 8.09. The van der Waals surface area contributed by atoms with E-state index in [-0.39, 0.29) is 24.2 Å². The highest BCUT2D eigenvalue weighted by Gasteiger charge is 2.31. The minimum absolute atomic E-state index is 0. The number of hydrogen-bond donors (Lipinski definition) is 2. The van der Waals surface area contributed by atoms with Crippen LogP contribution in [0.15, 0.2) is 29.3 Å². The second kappa shape index (κ2) is 7.20. The highest BCUT2D eigenvalue weighted by molar-refractivity contribution is 7.89. The van der Waals surface area contributed by atoms with Crippen molar-refractivity contribution in [3.63, 3.8) is 0 Å². The van der Waals surface area contributed by atoms with Crippen LogP contribution in [0, 0.1) is 12.7 Å². The lowest BCUT2D eigenvalue weighted by atomic mass is 10.1. The maximum absolute atomic E-state index is 13.4. The highest BCUT2D eigenvalue weighted by atomic mass is 32.2. The molecule has 1 aromatic heterocycles. The zero-order valence-electron chi connectivity index (χ0n) is 14.3. The Hall–Kier alpha value is -2.19.